The molecule has 3 rings (SSSR count). The summed E-state index contributed by atoms with van der Waals surface area (Å²) in [5.41, 5.74) is 0.805. The number of ether oxygens (including phenoxy) is 1. The van der Waals surface area contributed by atoms with Gasteiger partial charge in [-0.25, -0.2) is 4.79 Å². The lowest BCUT2D eigenvalue weighted by Gasteiger charge is -2.17. The molecule has 2 aromatic rings. The number of aromatic carboxylic acids is 1. The van der Waals surface area contributed by atoms with Gasteiger partial charge in [0, 0.05) is 11.8 Å². The summed E-state index contributed by atoms with van der Waals surface area (Å²) in [5, 5.41) is 8.99. The lowest BCUT2D eigenvalue weighted by Crippen LogP contribution is -2.29. The Kier molecular flexibility index (Phi) is 3.48. The molecule has 1 aliphatic heterocycles. The zero-order chi connectivity index (χ0) is 16.6. The van der Waals surface area contributed by atoms with Crippen LogP contribution in [0, 0.1) is 0 Å². The van der Waals surface area contributed by atoms with Crippen molar-refractivity contribution < 1.29 is 19.4 Å². The van der Waals surface area contributed by atoms with Crippen LogP contribution in [0.4, 0.5) is 0 Å². The maximum Gasteiger partial charge on any atom is 0.335 e. The van der Waals surface area contributed by atoms with Gasteiger partial charge in [-0.15, -0.1) is 0 Å². The molecule has 1 N–H and O–H groups in total. The molecule has 23 heavy (non-hydrogen) atoms. The minimum atomic E-state index is -1.00. The Bertz CT molecular complexity index is 805. The first-order valence-corrected chi connectivity index (χ1v) is 7.13. The number of benzene rings is 1. The second-order valence-corrected chi connectivity index (χ2v) is 5.74. The van der Waals surface area contributed by atoms with Crippen molar-refractivity contribution in [1.29, 1.82) is 0 Å². The molecule has 0 unspecified atom stereocenters. The second kappa shape index (κ2) is 5.35. The molecule has 5 heteroatoms. The smallest absolute Gasteiger partial charge is 0.335 e. The van der Waals surface area contributed by atoms with Gasteiger partial charge in [0.1, 0.15) is 5.76 Å². The lowest BCUT2D eigenvalue weighted by molar-refractivity contribution is -0.125. The van der Waals surface area contributed by atoms with Gasteiger partial charge in [0.25, 0.3) is 0 Å². The van der Waals surface area contributed by atoms with Gasteiger partial charge in [-0.2, -0.15) is 0 Å². The van der Waals surface area contributed by atoms with E-state index in [2.05, 4.69) is 4.98 Å². The van der Waals surface area contributed by atoms with Crippen molar-refractivity contribution in [2.75, 3.05) is 0 Å². The van der Waals surface area contributed by atoms with E-state index in [0.29, 0.717) is 22.6 Å². The topological polar surface area (TPSA) is 76.5 Å². The average Bonchev–Trinajstić information content (AvgIpc) is 2.78. The van der Waals surface area contributed by atoms with Crippen molar-refractivity contribution >= 4 is 23.1 Å². The molecule has 1 aromatic heterocycles. The number of hydrogen-bond donors (Lipinski definition) is 1. The fourth-order valence-electron chi connectivity index (χ4n) is 2.47. The molecule has 0 saturated heterocycles. The highest BCUT2D eigenvalue weighted by Gasteiger charge is 2.43. The molecule has 116 valence electrons. The third-order valence-corrected chi connectivity index (χ3v) is 3.67. The van der Waals surface area contributed by atoms with Gasteiger partial charge in [0.05, 0.1) is 16.8 Å². The number of carboxylic acid groups (broad SMARTS) is 1. The van der Waals surface area contributed by atoms with E-state index in [1.54, 1.807) is 50.4 Å². The van der Waals surface area contributed by atoms with Crippen LogP contribution in [0.15, 0.2) is 48.7 Å². The average molecular weight is 309 g/mol. The maximum absolute atomic E-state index is 12.7. The van der Waals surface area contributed by atoms with Crippen molar-refractivity contribution in [2.24, 2.45) is 0 Å². The number of nitrogens with zero attached hydrogens (tertiary/aromatic N) is 1. The number of pyridine rings is 1. The second-order valence-electron chi connectivity index (χ2n) is 5.74. The van der Waals surface area contributed by atoms with E-state index in [1.165, 1.54) is 12.1 Å². The molecule has 0 saturated carbocycles. The highest BCUT2D eigenvalue weighted by molar-refractivity contribution is 6.32. The Morgan fingerprint density at radius 2 is 1.83 bits per heavy atom. The molecule has 0 spiro atoms. The molecule has 5 nitrogen and oxygen atoms in total. The number of carbonyl (C=O) groups excluding carboxylic acids is 1. The first-order valence-electron chi connectivity index (χ1n) is 7.13. The summed E-state index contributed by atoms with van der Waals surface area (Å²) in [6.07, 6.45) is 1.62. The first-order chi connectivity index (χ1) is 10.9. The van der Waals surface area contributed by atoms with Crippen LogP contribution in [0.2, 0.25) is 0 Å². The molecule has 0 aliphatic carbocycles. The van der Waals surface area contributed by atoms with E-state index in [9.17, 15) is 9.59 Å². The van der Waals surface area contributed by atoms with Crippen LogP contribution in [-0.2, 0) is 9.53 Å². The SMILES string of the molecule is CC1(C)OC(c2ccc(C(=O)O)cc2)=C(c2ccccn2)C1=O. The summed E-state index contributed by atoms with van der Waals surface area (Å²) in [6, 6.07) is 11.6. The van der Waals surface area contributed by atoms with Gasteiger partial charge in [-0.3, -0.25) is 9.78 Å². The standard InChI is InChI=1S/C18H15NO4/c1-18(2)16(20)14(13-5-3-4-10-19-13)15(23-18)11-6-8-12(9-7-11)17(21)22/h3-10H,1-2H3,(H,21,22). The van der Waals surface area contributed by atoms with Crippen LogP contribution in [0.5, 0.6) is 0 Å². The zero-order valence-electron chi connectivity index (χ0n) is 12.7. The Balaban J connectivity index is 2.14. The minimum Gasteiger partial charge on any atom is -0.478 e. The highest BCUT2D eigenvalue weighted by atomic mass is 16.5. The largest absolute Gasteiger partial charge is 0.478 e. The van der Waals surface area contributed by atoms with E-state index >= 15 is 0 Å². The van der Waals surface area contributed by atoms with Crippen LogP contribution in [-0.4, -0.2) is 27.4 Å². The predicted octanol–water partition coefficient (Wildman–Crippen LogP) is 3.03. The van der Waals surface area contributed by atoms with E-state index in [0.717, 1.165) is 0 Å². The monoisotopic (exact) mass is 309 g/mol. The Morgan fingerprint density at radius 1 is 1.13 bits per heavy atom. The summed E-state index contributed by atoms with van der Waals surface area (Å²) in [7, 11) is 0. The predicted molar refractivity (Wildman–Crippen MR) is 84.6 cm³/mol. The van der Waals surface area contributed by atoms with E-state index in [-0.39, 0.29) is 11.3 Å². The van der Waals surface area contributed by atoms with Crippen molar-refractivity contribution in [1.82, 2.24) is 4.98 Å². The minimum absolute atomic E-state index is 0.145. The quantitative estimate of drug-likeness (QED) is 0.943. The van der Waals surface area contributed by atoms with Gasteiger partial charge in [0.15, 0.2) is 5.60 Å². The molecule has 0 fully saturated rings. The lowest BCUT2D eigenvalue weighted by atomic mass is 9.95. The van der Waals surface area contributed by atoms with Crippen molar-refractivity contribution in [3.63, 3.8) is 0 Å². The third-order valence-electron chi connectivity index (χ3n) is 3.67. The fraction of sp³-hybridized carbons (Fsp3) is 0.167. The van der Waals surface area contributed by atoms with Crippen LogP contribution < -0.4 is 0 Å². The number of hydrogen-bond acceptors (Lipinski definition) is 4. The molecular weight excluding hydrogens is 294 g/mol. The zero-order valence-corrected chi connectivity index (χ0v) is 12.7. The number of aromatic nitrogens is 1. The first kappa shape index (κ1) is 15.0. The van der Waals surface area contributed by atoms with Crippen LogP contribution >= 0.6 is 0 Å². The molecule has 2 heterocycles. The Hall–Kier alpha value is -2.95. The summed E-state index contributed by atoms with van der Waals surface area (Å²) >= 11 is 0. The van der Waals surface area contributed by atoms with Gasteiger partial charge in [-0.05, 0) is 38.1 Å². The van der Waals surface area contributed by atoms with Crippen molar-refractivity contribution in [3.8, 4) is 0 Å². The molecule has 1 aromatic carbocycles. The number of Topliss-reactive ketones (excluding diaryl/α,β-unsaturated/α-hetero) is 1. The highest BCUT2D eigenvalue weighted by Crippen LogP contribution is 2.40. The van der Waals surface area contributed by atoms with Gasteiger partial charge in [0.2, 0.25) is 5.78 Å². The fourth-order valence-corrected chi connectivity index (χ4v) is 2.47. The van der Waals surface area contributed by atoms with Gasteiger partial charge < -0.3 is 9.84 Å². The number of carbonyl (C=O) groups is 2. The summed E-state index contributed by atoms with van der Waals surface area (Å²) in [6.45, 7) is 3.41. The third kappa shape index (κ3) is 2.61. The summed E-state index contributed by atoms with van der Waals surface area (Å²) in [4.78, 5) is 27.9. The van der Waals surface area contributed by atoms with Gasteiger partial charge >= 0.3 is 5.97 Å². The molecular formula is C18H15NO4. The van der Waals surface area contributed by atoms with Gasteiger partial charge in [-0.1, -0.05) is 18.2 Å². The Labute approximate surface area is 133 Å². The molecule has 0 amide bonds. The van der Waals surface area contributed by atoms with Crippen molar-refractivity contribution in [3.05, 3.63) is 65.5 Å². The van der Waals surface area contributed by atoms with E-state index in [1.807, 2.05) is 0 Å². The van der Waals surface area contributed by atoms with Crippen LogP contribution in [0.3, 0.4) is 0 Å². The maximum atomic E-state index is 12.7. The molecule has 0 bridgehead atoms. The summed E-state index contributed by atoms with van der Waals surface area (Å²) < 4.78 is 5.86. The summed E-state index contributed by atoms with van der Waals surface area (Å²) in [5.74, 6) is -0.719. The molecule has 0 atom stereocenters. The number of rotatable bonds is 3. The van der Waals surface area contributed by atoms with Crippen LogP contribution in [0.1, 0.15) is 35.5 Å². The molecule has 0 radical (unpaired) electrons. The van der Waals surface area contributed by atoms with E-state index in [4.69, 9.17) is 9.84 Å². The molecule has 1 aliphatic rings. The number of ketones is 1. The van der Waals surface area contributed by atoms with Crippen LogP contribution in [0.25, 0.3) is 11.3 Å². The normalized spacial score (nSPS) is 16.3. The van der Waals surface area contributed by atoms with Crippen molar-refractivity contribution in [2.45, 2.75) is 19.4 Å². The number of carboxylic acids is 1. The van der Waals surface area contributed by atoms with E-state index < -0.39 is 11.6 Å². The Morgan fingerprint density at radius 3 is 2.39 bits per heavy atom.